The van der Waals surface area contributed by atoms with Crippen LogP contribution in [0.5, 0.6) is 0 Å². The molecule has 0 bridgehead atoms. The lowest BCUT2D eigenvalue weighted by Crippen LogP contribution is -2.37. The van der Waals surface area contributed by atoms with E-state index in [1.54, 1.807) is 23.1 Å². The minimum Gasteiger partial charge on any atom is -0.465 e. The van der Waals surface area contributed by atoms with Gasteiger partial charge in [0.1, 0.15) is 0 Å². The van der Waals surface area contributed by atoms with Crippen LogP contribution >= 0.6 is 0 Å². The van der Waals surface area contributed by atoms with Crippen molar-refractivity contribution in [3.8, 4) is 0 Å². The highest BCUT2D eigenvalue weighted by Crippen LogP contribution is 2.29. The second-order valence-corrected chi connectivity index (χ2v) is 4.98. The van der Waals surface area contributed by atoms with E-state index in [0.717, 1.165) is 0 Å². The first-order valence-electron chi connectivity index (χ1n) is 6.36. The van der Waals surface area contributed by atoms with Gasteiger partial charge in [0, 0.05) is 6.54 Å². The molecule has 0 aromatic heterocycles. The molecule has 0 radical (unpaired) electrons. The largest absolute Gasteiger partial charge is 0.465 e. The van der Waals surface area contributed by atoms with E-state index in [-0.39, 0.29) is 12.5 Å². The van der Waals surface area contributed by atoms with Gasteiger partial charge in [0.15, 0.2) is 0 Å². The van der Waals surface area contributed by atoms with Crippen LogP contribution in [0.15, 0.2) is 18.2 Å². The average molecular weight is 279 g/mol. The molecule has 0 aliphatic carbocycles. The normalized spacial score (nSPS) is 10.4. The van der Waals surface area contributed by atoms with Gasteiger partial charge in [-0.15, -0.1) is 0 Å². The van der Waals surface area contributed by atoms with Gasteiger partial charge in [-0.3, -0.25) is 4.79 Å². The number of rotatable bonds is 6. The molecule has 0 unspecified atom stereocenters. The molecule has 0 heterocycles. The Hall–Kier alpha value is -2.24. The van der Waals surface area contributed by atoms with E-state index in [9.17, 15) is 9.59 Å². The number of esters is 1. The zero-order valence-corrected chi connectivity index (χ0v) is 12.1. The molecule has 0 atom stereocenters. The first kappa shape index (κ1) is 15.8. The summed E-state index contributed by atoms with van der Waals surface area (Å²) < 4.78 is 4.75. The first-order chi connectivity index (χ1) is 9.36. The first-order valence-corrected chi connectivity index (χ1v) is 6.36. The number of amides is 1. The number of carbonyl (C=O) groups is 2. The Bertz CT molecular complexity index is 500. The van der Waals surface area contributed by atoms with E-state index in [4.69, 9.17) is 16.2 Å². The molecule has 0 fully saturated rings. The summed E-state index contributed by atoms with van der Waals surface area (Å²) >= 11 is 0. The second kappa shape index (κ2) is 6.79. The number of methoxy groups -OCH3 is 1. The predicted octanol–water partition coefficient (Wildman–Crippen LogP) is 1.00. The number of nitrogen functional groups attached to an aromatic ring is 1. The molecule has 1 aromatic rings. The molecule has 0 saturated heterocycles. The van der Waals surface area contributed by atoms with Crippen molar-refractivity contribution in [1.82, 2.24) is 0 Å². The van der Waals surface area contributed by atoms with Gasteiger partial charge in [-0.2, -0.15) is 0 Å². The minimum absolute atomic E-state index is 0.00358. The Balaban J connectivity index is 3.29. The molecule has 20 heavy (non-hydrogen) atoms. The van der Waals surface area contributed by atoms with Crippen molar-refractivity contribution in [3.63, 3.8) is 0 Å². The third kappa shape index (κ3) is 3.88. The number of hydrogen-bond acceptors (Lipinski definition) is 5. The molecule has 1 amide bonds. The van der Waals surface area contributed by atoms with E-state index in [1.165, 1.54) is 7.11 Å². The van der Waals surface area contributed by atoms with E-state index >= 15 is 0 Å². The van der Waals surface area contributed by atoms with Gasteiger partial charge in [-0.05, 0) is 18.1 Å². The summed E-state index contributed by atoms with van der Waals surface area (Å²) in [5, 5.41) is 0. The maximum atomic E-state index is 11.8. The summed E-state index contributed by atoms with van der Waals surface area (Å²) in [4.78, 5) is 24.8. The second-order valence-electron chi connectivity index (χ2n) is 4.98. The standard InChI is InChI=1S/C14H21N3O3/c1-9(2)7-17(8-12(16)18)13-10(14(19)20-3)5-4-6-11(13)15/h4-6,9H,7-8,15H2,1-3H3,(H2,16,18). The van der Waals surface area contributed by atoms with Crippen LogP contribution in [0.3, 0.4) is 0 Å². The van der Waals surface area contributed by atoms with E-state index in [1.807, 2.05) is 13.8 Å². The Morgan fingerprint density at radius 1 is 1.35 bits per heavy atom. The molecule has 4 N–H and O–H groups in total. The Morgan fingerprint density at radius 3 is 2.50 bits per heavy atom. The summed E-state index contributed by atoms with van der Waals surface area (Å²) in [6.45, 7) is 4.56. The van der Waals surface area contributed by atoms with Crippen molar-refractivity contribution in [2.45, 2.75) is 13.8 Å². The number of para-hydroxylation sites is 1. The average Bonchev–Trinajstić information content (AvgIpc) is 2.35. The molecule has 110 valence electrons. The molecule has 1 aromatic carbocycles. The Labute approximate surface area is 118 Å². The summed E-state index contributed by atoms with van der Waals surface area (Å²) in [5.41, 5.74) is 12.5. The zero-order chi connectivity index (χ0) is 15.3. The lowest BCUT2D eigenvalue weighted by Gasteiger charge is -2.28. The molecule has 6 heteroatoms. The molecule has 6 nitrogen and oxygen atoms in total. The van der Waals surface area contributed by atoms with E-state index in [2.05, 4.69) is 0 Å². The van der Waals surface area contributed by atoms with Gasteiger partial charge >= 0.3 is 5.97 Å². The highest BCUT2D eigenvalue weighted by atomic mass is 16.5. The highest BCUT2D eigenvalue weighted by Gasteiger charge is 2.21. The van der Waals surface area contributed by atoms with Gasteiger partial charge in [-0.25, -0.2) is 4.79 Å². The molecular formula is C14H21N3O3. The predicted molar refractivity (Wildman–Crippen MR) is 78.4 cm³/mol. The summed E-state index contributed by atoms with van der Waals surface area (Å²) in [6, 6.07) is 4.96. The Morgan fingerprint density at radius 2 is 2.00 bits per heavy atom. The third-order valence-electron chi connectivity index (χ3n) is 2.72. The van der Waals surface area contributed by atoms with E-state index in [0.29, 0.717) is 23.5 Å². The van der Waals surface area contributed by atoms with Gasteiger partial charge < -0.3 is 21.1 Å². The number of carbonyl (C=O) groups excluding carboxylic acids is 2. The van der Waals surface area contributed by atoms with Crippen LogP contribution in [0.2, 0.25) is 0 Å². The van der Waals surface area contributed by atoms with Crippen molar-refractivity contribution >= 4 is 23.3 Å². The van der Waals surface area contributed by atoms with Crippen LogP contribution in [0, 0.1) is 5.92 Å². The van der Waals surface area contributed by atoms with Crippen LogP contribution in [0.25, 0.3) is 0 Å². The van der Waals surface area contributed by atoms with Crippen molar-refractivity contribution in [3.05, 3.63) is 23.8 Å². The SMILES string of the molecule is COC(=O)c1cccc(N)c1N(CC(N)=O)CC(C)C. The Kier molecular flexibility index (Phi) is 5.37. The van der Waals surface area contributed by atoms with Crippen LogP contribution in [0.1, 0.15) is 24.2 Å². The summed E-state index contributed by atoms with van der Waals surface area (Å²) in [7, 11) is 1.30. The van der Waals surface area contributed by atoms with Crippen molar-refractivity contribution in [2.75, 3.05) is 30.8 Å². The van der Waals surface area contributed by atoms with Crippen LogP contribution < -0.4 is 16.4 Å². The maximum absolute atomic E-state index is 11.8. The van der Waals surface area contributed by atoms with Crippen LogP contribution in [-0.4, -0.2) is 32.1 Å². The summed E-state index contributed by atoms with van der Waals surface area (Å²) in [5.74, 6) is -0.699. The number of nitrogens with two attached hydrogens (primary N) is 2. The maximum Gasteiger partial charge on any atom is 0.340 e. The smallest absolute Gasteiger partial charge is 0.340 e. The molecule has 0 aliphatic heterocycles. The van der Waals surface area contributed by atoms with Crippen molar-refractivity contribution < 1.29 is 14.3 Å². The van der Waals surface area contributed by atoms with Gasteiger partial charge in [0.05, 0.1) is 30.6 Å². The molecule has 0 saturated carbocycles. The van der Waals surface area contributed by atoms with Gasteiger partial charge in [0.2, 0.25) is 5.91 Å². The van der Waals surface area contributed by atoms with Crippen LogP contribution in [0.4, 0.5) is 11.4 Å². The number of benzene rings is 1. The molecule has 0 aliphatic rings. The lowest BCUT2D eigenvalue weighted by molar-refractivity contribution is -0.116. The lowest BCUT2D eigenvalue weighted by atomic mass is 10.1. The topological polar surface area (TPSA) is 98.7 Å². The van der Waals surface area contributed by atoms with Gasteiger partial charge in [-0.1, -0.05) is 19.9 Å². The van der Waals surface area contributed by atoms with Crippen molar-refractivity contribution in [2.24, 2.45) is 11.7 Å². The fourth-order valence-electron chi connectivity index (χ4n) is 2.05. The van der Waals surface area contributed by atoms with E-state index < -0.39 is 11.9 Å². The third-order valence-corrected chi connectivity index (χ3v) is 2.72. The number of nitrogens with zero attached hydrogens (tertiary/aromatic N) is 1. The minimum atomic E-state index is -0.495. The zero-order valence-electron chi connectivity index (χ0n) is 12.1. The number of primary amides is 1. The summed E-state index contributed by atoms with van der Waals surface area (Å²) in [6.07, 6.45) is 0. The fraction of sp³-hybridized carbons (Fsp3) is 0.429. The monoisotopic (exact) mass is 279 g/mol. The molecule has 1 rings (SSSR count). The van der Waals surface area contributed by atoms with Crippen molar-refractivity contribution in [1.29, 1.82) is 0 Å². The van der Waals surface area contributed by atoms with Gasteiger partial charge in [0.25, 0.3) is 0 Å². The highest BCUT2D eigenvalue weighted by molar-refractivity contribution is 6.00. The number of anilines is 2. The number of ether oxygens (including phenoxy) is 1. The van der Waals surface area contributed by atoms with Crippen LogP contribution in [-0.2, 0) is 9.53 Å². The molecular weight excluding hydrogens is 258 g/mol. The fourth-order valence-corrected chi connectivity index (χ4v) is 2.05. The number of hydrogen-bond donors (Lipinski definition) is 2. The quantitative estimate of drug-likeness (QED) is 0.598. The molecule has 0 spiro atoms.